The molecule has 0 aliphatic carbocycles. The van der Waals surface area contributed by atoms with Crippen LogP contribution in [0.5, 0.6) is 17.2 Å². The van der Waals surface area contributed by atoms with Crippen molar-refractivity contribution < 1.29 is 19.0 Å². The highest BCUT2D eigenvalue weighted by Gasteiger charge is 2.11. The summed E-state index contributed by atoms with van der Waals surface area (Å²) in [6.45, 7) is 0. The second-order valence-corrected chi connectivity index (χ2v) is 4.94. The molecule has 126 valence electrons. The number of nitrogens with one attached hydrogen (secondary N) is 1. The highest BCUT2D eigenvalue weighted by atomic mass is 16.5. The first-order chi connectivity index (χ1) is 11.6. The average molecular weight is 327 g/mol. The van der Waals surface area contributed by atoms with E-state index in [1.807, 2.05) is 18.2 Å². The summed E-state index contributed by atoms with van der Waals surface area (Å²) in [5.41, 5.74) is 2.12. The van der Waals surface area contributed by atoms with Crippen molar-refractivity contribution in [1.82, 2.24) is 0 Å². The van der Waals surface area contributed by atoms with E-state index in [1.54, 1.807) is 52.7 Å². The van der Waals surface area contributed by atoms with Gasteiger partial charge in [-0.3, -0.25) is 4.79 Å². The van der Waals surface area contributed by atoms with Gasteiger partial charge in [0.1, 0.15) is 5.75 Å². The predicted octanol–water partition coefficient (Wildman–Crippen LogP) is 3.65. The minimum atomic E-state index is -0.100. The van der Waals surface area contributed by atoms with Crippen molar-refractivity contribution in [2.45, 2.75) is 0 Å². The minimum absolute atomic E-state index is 0.100. The molecule has 2 aromatic carbocycles. The van der Waals surface area contributed by atoms with E-state index in [4.69, 9.17) is 14.2 Å². The van der Waals surface area contributed by atoms with Crippen LogP contribution in [0.3, 0.4) is 0 Å². The molecule has 0 heterocycles. The van der Waals surface area contributed by atoms with Gasteiger partial charge >= 0.3 is 0 Å². The van der Waals surface area contributed by atoms with Gasteiger partial charge in [0.2, 0.25) is 0 Å². The van der Waals surface area contributed by atoms with Gasteiger partial charge in [0.15, 0.2) is 17.3 Å². The quantitative estimate of drug-likeness (QED) is 0.621. The van der Waals surface area contributed by atoms with Gasteiger partial charge in [-0.15, -0.1) is 0 Å². The minimum Gasteiger partial charge on any atom is -0.496 e. The van der Waals surface area contributed by atoms with Crippen LogP contribution in [0.25, 0.3) is 6.08 Å². The predicted molar refractivity (Wildman–Crippen MR) is 95.5 cm³/mol. The van der Waals surface area contributed by atoms with Crippen molar-refractivity contribution in [2.24, 2.45) is 0 Å². The first kappa shape index (κ1) is 17.4. The molecule has 0 fully saturated rings. The van der Waals surface area contributed by atoms with Gasteiger partial charge < -0.3 is 19.5 Å². The molecule has 1 N–H and O–H groups in total. The largest absolute Gasteiger partial charge is 0.496 e. The number of hydrogen-bond acceptors (Lipinski definition) is 5. The Bertz CT molecular complexity index is 753. The Kier molecular flexibility index (Phi) is 5.84. The van der Waals surface area contributed by atoms with Gasteiger partial charge in [-0.25, -0.2) is 0 Å². The maximum atomic E-state index is 12.5. The van der Waals surface area contributed by atoms with Gasteiger partial charge in [0.25, 0.3) is 0 Å². The molecule has 0 aliphatic rings. The van der Waals surface area contributed by atoms with Crippen LogP contribution >= 0.6 is 0 Å². The molecule has 0 saturated carbocycles. The maximum Gasteiger partial charge on any atom is 0.187 e. The lowest BCUT2D eigenvalue weighted by Crippen LogP contribution is -2.01. The number of anilines is 1. The van der Waals surface area contributed by atoms with E-state index in [0.29, 0.717) is 22.8 Å². The van der Waals surface area contributed by atoms with Gasteiger partial charge in [-0.05, 0) is 30.4 Å². The number of benzene rings is 2. The summed E-state index contributed by atoms with van der Waals surface area (Å²) in [6.07, 6.45) is 3.22. The van der Waals surface area contributed by atoms with Crippen molar-refractivity contribution in [2.75, 3.05) is 33.7 Å². The summed E-state index contributed by atoms with van der Waals surface area (Å²) in [5.74, 6) is 1.63. The Morgan fingerprint density at radius 3 is 2.21 bits per heavy atom. The summed E-state index contributed by atoms with van der Waals surface area (Å²) in [7, 11) is 6.47. The topological polar surface area (TPSA) is 56.8 Å². The standard InChI is InChI=1S/C19H21NO4/c1-20-15-8-6-5-7-14(15)16(21)10-9-13-11-18(23-3)19(24-4)12-17(13)22-2/h5-12,20H,1-4H3. The van der Waals surface area contributed by atoms with E-state index >= 15 is 0 Å². The van der Waals surface area contributed by atoms with Gasteiger partial charge in [0, 0.05) is 29.9 Å². The van der Waals surface area contributed by atoms with Crippen LogP contribution in [-0.2, 0) is 0 Å². The van der Waals surface area contributed by atoms with Crippen LogP contribution in [0.2, 0.25) is 0 Å². The third-order valence-electron chi connectivity index (χ3n) is 3.61. The summed E-state index contributed by atoms with van der Waals surface area (Å²) < 4.78 is 15.9. The smallest absolute Gasteiger partial charge is 0.187 e. The van der Waals surface area contributed by atoms with Crippen molar-refractivity contribution in [3.63, 3.8) is 0 Å². The fourth-order valence-corrected chi connectivity index (χ4v) is 2.35. The molecule has 0 saturated heterocycles. The molecule has 24 heavy (non-hydrogen) atoms. The van der Waals surface area contributed by atoms with Crippen molar-refractivity contribution in [3.8, 4) is 17.2 Å². The lowest BCUT2D eigenvalue weighted by atomic mass is 10.1. The van der Waals surface area contributed by atoms with Crippen LogP contribution < -0.4 is 19.5 Å². The van der Waals surface area contributed by atoms with E-state index in [-0.39, 0.29) is 5.78 Å². The van der Waals surface area contributed by atoms with E-state index < -0.39 is 0 Å². The molecule has 5 heteroatoms. The molecule has 0 radical (unpaired) electrons. The highest BCUT2D eigenvalue weighted by Crippen LogP contribution is 2.35. The molecular formula is C19H21NO4. The van der Waals surface area contributed by atoms with Gasteiger partial charge in [0.05, 0.1) is 21.3 Å². The first-order valence-electron chi connectivity index (χ1n) is 7.43. The summed E-state index contributed by atoms with van der Waals surface area (Å²) in [5, 5.41) is 3.01. The summed E-state index contributed by atoms with van der Waals surface area (Å²) >= 11 is 0. The fourth-order valence-electron chi connectivity index (χ4n) is 2.35. The van der Waals surface area contributed by atoms with Crippen LogP contribution in [0, 0.1) is 0 Å². The molecule has 0 bridgehead atoms. The molecule has 0 unspecified atom stereocenters. The number of carbonyl (C=O) groups excluding carboxylic acids is 1. The second-order valence-electron chi connectivity index (χ2n) is 4.94. The van der Waals surface area contributed by atoms with Gasteiger partial charge in [-0.1, -0.05) is 12.1 Å². The number of allylic oxidation sites excluding steroid dienone is 1. The van der Waals surface area contributed by atoms with Crippen molar-refractivity contribution >= 4 is 17.5 Å². The van der Waals surface area contributed by atoms with Crippen LogP contribution in [-0.4, -0.2) is 34.2 Å². The molecular weight excluding hydrogens is 306 g/mol. The van der Waals surface area contributed by atoms with Crippen LogP contribution in [0.15, 0.2) is 42.5 Å². The Morgan fingerprint density at radius 2 is 1.58 bits per heavy atom. The van der Waals surface area contributed by atoms with Crippen molar-refractivity contribution in [3.05, 3.63) is 53.6 Å². The molecule has 0 atom stereocenters. The fraction of sp³-hybridized carbons (Fsp3) is 0.211. The SMILES string of the molecule is CNc1ccccc1C(=O)C=Cc1cc(OC)c(OC)cc1OC. The Morgan fingerprint density at radius 1 is 0.958 bits per heavy atom. The second kappa shape index (κ2) is 8.06. The maximum absolute atomic E-state index is 12.5. The molecule has 2 aromatic rings. The molecule has 0 spiro atoms. The Hall–Kier alpha value is -2.95. The zero-order valence-electron chi connectivity index (χ0n) is 14.3. The third-order valence-corrected chi connectivity index (χ3v) is 3.61. The number of ether oxygens (including phenoxy) is 3. The number of ketones is 1. The van der Waals surface area contributed by atoms with Crippen LogP contribution in [0.1, 0.15) is 15.9 Å². The summed E-state index contributed by atoms with van der Waals surface area (Å²) in [6, 6.07) is 10.8. The number of rotatable bonds is 7. The number of carbonyl (C=O) groups is 1. The monoisotopic (exact) mass is 327 g/mol. The number of hydrogen-bond donors (Lipinski definition) is 1. The lowest BCUT2D eigenvalue weighted by molar-refractivity contribution is 0.104. The normalized spacial score (nSPS) is 10.5. The molecule has 0 aliphatic heterocycles. The van der Waals surface area contributed by atoms with Crippen molar-refractivity contribution in [1.29, 1.82) is 0 Å². The van der Waals surface area contributed by atoms with E-state index in [2.05, 4.69) is 5.32 Å². The molecule has 5 nitrogen and oxygen atoms in total. The Balaban J connectivity index is 2.35. The van der Waals surface area contributed by atoms with Gasteiger partial charge in [-0.2, -0.15) is 0 Å². The third kappa shape index (κ3) is 3.68. The number of para-hydroxylation sites is 1. The highest BCUT2D eigenvalue weighted by molar-refractivity contribution is 6.10. The lowest BCUT2D eigenvalue weighted by Gasteiger charge is -2.12. The molecule has 0 aromatic heterocycles. The van der Waals surface area contributed by atoms with Crippen LogP contribution in [0.4, 0.5) is 5.69 Å². The molecule has 2 rings (SSSR count). The summed E-state index contributed by atoms with van der Waals surface area (Å²) in [4.78, 5) is 12.5. The molecule has 0 amide bonds. The van der Waals surface area contributed by atoms with E-state index in [1.165, 1.54) is 6.08 Å². The van der Waals surface area contributed by atoms with E-state index in [0.717, 1.165) is 11.3 Å². The number of methoxy groups -OCH3 is 3. The zero-order valence-corrected chi connectivity index (χ0v) is 14.3. The average Bonchev–Trinajstić information content (AvgIpc) is 2.65. The first-order valence-corrected chi connectivity index (χ1v) is 7.43. The zero-order chi connectivity index (χ0) is 17.5. The Labute approximate surface area is 141 Å². The van der Waals surface area contributed by atoms with E-state index in [9.17, 15) is 4.79 Å².